The molecular formula is C14H24BrN3. The van der Waals surface area contributed by atoms with Crippen molar-refractivity contribution in [2.24, 2.45) is 12.5 Å². The van der Waals surface area contributed by atoms with Crippen LogP contribution in [-0.2, 0) is 13.5 Å². The second-order valence-electron chi connectivity index (χ2n) is 6.75. The molecule has 0 atom stereocenters. The number of nitrogens with one attached hydrogen (secondary N) is 1. The zero-order chi connectivity index (χ0) is 13.6. The van der Waals surface area contributed by atoms with Gasteiger partial charge in [0.05, 0.1) is 15.9 Å². The van der Waals surface area contributed by atoms with E-state index in [0.717, 1.165) is 18.7 Å². The first-order chi connectivity index (χ1) is 8.22. The van der Waals surface area contributed by atoms with Gasteiger partial charge in [-0.3, -0.25) is 4.68 Å². The number of nitrogens with zero attached hydrogens (tertiary/aromatic N) is 2. The monoisotopic (exact) mass is 313 g/mol. The van der Waals surface area contributed by atoms with E-state index in [1.165, 1.54) is 23.0 Å². The smallest absolute Gasteiger partial charge is 0.0738 e. The second-order valence-corrected chi connectivity index (χ2v) is 7.54. The van der Waals surface area contributed by atoms with Crippen molar-refractivity contribution in [1.29, 1.82) is 0 Å². The normalized spacial score (nSPS) is 18.1. The SMILES string of the molecule is Cc1nn(C)c(CC2(CNC(C)(C)C)CC2)c1Br. The minimum atomic E-state index is 0.204. The minimum Gasteiger partial charge on any atom is -0.312 e. The van der Waals surface area contributed by atoms with Gasteiger partial charge in [0, 0.05) is 19.1 Å². The fourth-order valence-corrected chi connectivity index (χ4v) is 2.75. The summed E-state index contributed by atoms with van der Waals surface area (Å²) in [5.41, 5.74) is 3.08. The van der Waals surface area contributed by atoms with E-state index in [1.54, 1.807) is 0 Å². The van der Waals surface area contributed by atoms with E-state index in [0.29, 0.717) is 5.41 Å². The molecule has 18 heavy (non-hydrogen) atoms. The van der Waals surface area contributed by atoms with Crippen molar-refractivity contribution in [1.82, 2.24) is 15.1 Å². The van der Waals surface area contributed by atoms with Gasteiger partial charge in [-0.1, -0.05) is 0 Å². The largest absolute Gasteiger partial charge is 0.312 e. The zero-order valence-corrected chi connectivity index (χ0v) is 13.7. The predicted molar refractivity (Wildman–Crippen MR) is 78.8 cm³/mol. The van der Waals surface area contributed by atoms with Gasteiger partial charge in [0.1, 0.15) is 0 Å². The first kappa shape index (κ1) is 14.1. The maximum Gasteiger partial charge on any atom is 0.0738 e. The maximum absolute atomic E-state index is 4.48. The van der Waals surface area contributed by atoms with E-state index in [1.807, 2.05) is 11.7 Å². The van der Waals surface area contributed by atoms with E-state index in [4.69, 9.17) is 0 Å². The molecule has 0 saturated heterocycles. The summed E-state index contributed by atoms with van der Waals surface area (Å²) >= 11 is 3.67. The highest BCUT2D eigenvalue weighted by Crippen LogP contribution is 2.49. The number of aryl methyl sites for hydroxylation is 2. The second kappa shape index (κ2) is 4.64. The molecule has 102 valence electrons. The molecule has 0 amide bonds. The van der Waals surface area contributed by atoms with Gasteiger partial charge in [-0.05, 0) is 68.3 Å². The molecule has 1 aromatic heterocycles. The molecule has 0 bridgehead atoms. The van der Waals surface area contributed by atoms with Crippen LogP contribution < -0.4 is 5.32 Å². The third kappa shape index (κ3) is 3.15. The molecule has 4 heteroatoms. The van der Waals surface area contributed by atoms with Crippen LogP contribution in [0.3, 0.4) is 0 Å². The molecule has 1 fully saturated rings. The molecule has 1 aliphatic rings. The molecule has 1 N–H and O–H groups in total. The lowest BCUT2D eigenvalue weighted by molar-refractivity contribution is 0.352. The van der Waals surface area contributed by atoms with Gasteiger partial charge in [0.15, 0.2) is 0 Å². The molecule has 2 rings (SSSR count). The zero-order valence-electron chi connectivity index (χ0n) is 12.1. The third-order valence-corrected chi connectivity index (χ3v) is 4.79. The van der Waals surface area contributed by atoms with Crippen molar-refractivity contribution in [3.8, 4) is 0 Å². The number of hydrogen-bond donors (Lipinski definition) is 1. The predicted octanol–water partition coefficient (Wildman–Crippen LogP) is 3.20. The number of aromatic nitrogens is 2. The summed E-state index contributed by atoms with van der Waals surface area (Å²) in [4.78, 5) is 0. The van der Waals surface area contributed by atoms with Crippen LogP contribution >= 0.6 is 15.9 Å². The Balaban J connectivity index is 2.05. The lowest BCUT2D eigenvalue weighted by Crippen LogP contribution is -2.40. The Hall–Kier alpha value is -0.350. The topological polar surface area (TPSA) is 29.9 Å². The molecule has 0 unspecified atom stereocenters. The highest BCUT2D eigenvalue weighted by Gasteiger charge is 2.44. The summed E-state index contributed by atoms with van der Waals surface area (Å²) in [7, 11) is 2.04. The minimum absolute atomic E-state index is 0.204. The quantitative estimate of drug-likeness (QED) is 0.925. The number of rotatable bonds is 4. The van der Waals surface area contributed by atoms with Crippen LogP contribution in [0.15, 0.2) is 4.47 Å². The summed E-state index contributed by atoms with van der Waals surface area (Å²) in [6.07, 6.45) is 3.77. The molecule has 3 nitrogen and oxygen atoms in total. The Morgan fingerprint density at radius 1 is 1.39 bits per heavy atom. The Morgan fingerprint density at radius 3 is 2.39 bits per heavy atom. The summed E-state index contributed by atoms with van der Waals surface area (Å²) in [6, 6.07) is 0. The fourth-order valence-electron chi connectivity index (χ4n) is 2.27. The Kier molecular flexibility index (Phi) is 3.63. The van der Waals surface area contributed by atoms with Gasteiger partial charge in [0.2, 0.25) is 0 Å². The summed E-state index contributed by atoms with van der Waals surface area (Å²) in [6.45, 7) is 9.85. The van der Waals surface area contributed by atoms with Crippen molar-refractivity contribution in [3.63, 3.8) is 0 Å². The van der Waals surface area contributed by atoms with Gasteiger partial charge in [-0.15, -0.1) is 0 Å². The average molecular weight is 314 g/mol. The molecule has 0 aliphatic heterocycles. The van der Waals surface area contributed by atoms with Crippen LogP contribution in [0.5, 0.6) is 0 Å². The Bertz CT molecular complexity index is 439. The van der Waals surface area contributed by atoms with Crippen LogP contribution in [0, 0.1) is 12.3 Å². The van der Waals surface area contributed by atoms with Gasteiger partial charge < -0.3 is 5.32 Å². The highest BCUT2D eigenvalue weighted by atomic mass is 79.9. The van der Waals surface area contributed by atoms with Crippen LogP contribution in [-0.4, -0.2) is 21.9 Å². The Labute approximate surface area is 118 Å². The molecule has 0 spiro atoms. The molecule has 0 aromatic carbocycles. The number of hydrogen-bond acceptors (Lipinski definition) is 2. The average Bonchev–Trinajstić information content (AvgIpc) is 2.97. The fraction of sp³-hybridized carbons (Fsp3) is 0.786. The van der Waals surface area contributed by atoms with Crippen molar-refractivity contribution in [3.05, 3.63) is 15.9 Å². The summed E-state index contributed by atoms with van der Waals surface area (Å²) in [5, 5.41) is 8.13. The van der Waals surface area contributed by atoms with E-state index in [-0.39, 0.29) is 5.54 Å². The van der Waals surface area contributed by atoms with E-state index < -0.39 is 0 Å². The molecule has 0 radical (unpaired) electrons. The first-order valence-electron chi connectivity index (χ1n) is 6.65. The molecular weight excluding hydrogens is 290 g/mol. The lowest BCUT2D eigenvalue weighted by atomic mass is 9.98. The van der Waals surface area contributed by atoms with Gasteiger partial charge in [-0.2, -0.15) is 5.10 Å². The standard InChI is InChI=1S/C14H24BrN3/c1-10-12(15)11(18(5)17-10)8-14(6-7-14)9-16-13(2,3)4/h16H,6-9H2,1-5H3. The van der Waals surface area contributed by atoms with Crippen molar-refractivity contribution in [2.45, 2.75) is 52.5 Å². The van der Waals surface area contributed by atoms with E-state index in [2.05, 4.69) is 54.0 Å². The van der Waals surface area contributed by atoms with Gasteiger partial charge >= 0.3 is 0 Å². The van der Waals surface area contributed by atoms with Crippen molar-refractivity contribution >= 4 is 15.9 Å². The van der Waals surface area contributed by atoms with E-state index >= 15 is 0 Å². The molecule has 1 saturated carbocycles. The maximum atomic E-state index is 4.48. The van der Waals surface area contributed by atoms with Crippen LogP contribution in [0.1, 0.15) is 45.0 Å². The van der Waals surface area contributed by atoms with Crippen LogP contribution in [0.4, 0.5) is 0 Å². The van der Waals surface area contributed by atoms with E-state index in [9.17, 15) is 0 Å². The summed E-state index contributed by atoms with van der Waals surface area (Å²) in [5.74, 6) is 0. The van der Waals surface area contributed by atoms with Crippen molar-refractivity contribution < 1.29 is 0 Å². The summed E-state index contributed by atoms with van der Waals surface area (Å²) < 4.78 is 3.21. The van der Waals surface area contributed by atoms with Gasteiger partial charge in [-0.25, -0.2) is 0 Å². The van der Waals surface area contributed by atoms with Crippen LogP contribution in [0.25, 0.3) is 0 Å². The lowest BCUT2D eigenvalue weighted by Gasteiger charge is -2.25. The van der Waals surface area contributed by atoms with Crippen LogP contribution in [0.2, 0.25) is 0 Å². The third-order valence-electron chi connectivity index (χ3n) is 3.75. The Morgan fingerprint density at radius 2 is 2.00 bits per heavy atom. The highest BCUT2D eigenvalue weighted by molar-refractivity contribution is 9.10. The first-order valence-corrected chi connectivity index (χ1v) is 7.45. The van der Waals surface area contributed by atoms with Crippen molar-refractivity contribution in [2.75, 3.05) is 6.54 Å². The molecule has 1 aliphatic carbocycles. The molecule has 1 aromatic rings. The molecule has 1 heterocycles. The van der Waals surface area contributed by atoms with Gasteiger partial charge in [0.25, 0.3) is 0 Å². The number of halogens is 1.